The molecule has 0 unspecified atom stereocenters. The van der Waals surface area contributed by atoms with Crippen LogP contribution in [-0.2, 0) is 4.79 Å². The van der Waals surface area contributed by atoms with E-state index in [4.69, 9.17) is 22.1 Å². The van der Waals surface area contributed by atoms with E-state index in [0.29, 0.717) is 22.1 Å². The molecule has 3 N–H and O–H groups in total. The fourth-order valence-corrected chi connectivity index (χ4v) is 1.74. The van der Waals surface area contributed by atoms with E-state index in [9.17, 15) is 9.18 Å². The molecule has 0 saturated heterocycles. The first kappa shape index (κ1) is 14.1. The lowest BCUT2D eigenvalue weighted by Crippen LogP contribution is -2.20. The number of carbonyl (C=O) groups excluding carboxylic acids is 1. The van der Waals surface area contributed by atoms with E-state index < -0.39 is 11.7 Å². The second-order valence-corrected chi connectivity index (χ2v) is 4.47. The number of benzene rings is 2. The van der Waals surface area contributed by atoms with E-state index in [0.717, 1.165) is 0 Å². The Hall–Kier alpha value is -2.27. The van der Waals surface area contributed by atoms with Crippen LogP contribution >= 0.6 is 11.6 Å². The predicted octanol–water partition coefficient (Wildman–Crippen LogP) is 3.08. The number of hydrogen-bond acceptors (Lipinski definition) is 3. The van der Waals surface area contributed by atoms with Crippen LogP contribution in [0.2, 0.25) is 5.02 Å². The summed E-state index contributed by atoms with van der Waals surface area (Å²) in [4.78, 5) is 11.6. The molecule has 0 aliphatic heterocycles. The van der Waals surface area contributed by atoms with Crippen LogP contribution < -0.4 is 15.8 Å². The van der Waals surface area contributed by atoms with Crippen LogP contribution in [0.1, 0.15) is 0 Å². The molecule has 20 heavy (non-hydrogen) atoms. The predicted molar refractivity (Wildman–Crippen MR) is 76.4 cm³/mol. The number of nitrogens with two attached hydrogens (primary N) is 1. The van der Waals surface area contributed by atoms with Gasteiger partial charge < -0.3 is 15.8 Å². The molecular weight excluding hydrogens is 283 g/mol. The van der Waals surface area contributed by atoms with Gasteiger partial charge in [0.25, 0.3) is 5.91 Å². The van der Waals surface area contributed by atoms with Gasteiger partial charge in [-0.15, -0.1) is 0 Å². The Balaban J connectivity index is 1.92. The molecule has 0 atom stereocenters. The van der Waals surface area contributed by atoms with Gasteiger partial charge in [-0.05, 0) is 36.4 Å². The number of nitrogens with one attached hydrogen (secondary N) is 1. The zero-order chi connectivity index (χ0) is 14.5. The van der Waals surface area contributed by atoms with Gasteiger partial charge in [-0.1, -0.05) is 17.7 Å². The number of ether oxygens (including phenoxy) is 1. The second-order valence-electron chi connectivity index (χ2n) is 4.03. The first-order chi connectivity index (χ1) is 9.54. The molecule has 0 aromatic heterocycles. The van der Waals surface area contributed by atoms with E-state index in [1.165, 1.54) is 24.3 Å². The van der Waals surface area contributed by atoms with Crippen molar-refractivity contribution in [2.24, 2.45) is 0 Å². The molecule has 0 aliphatic rings. The summed E-state index contributed by atoms with van der Waals surface area (Å²) in [6.07, 6.45) is 0. The monoisotopic (exact) mass is 294 g/mol. The highest BCUT2D eigenvalue weighted by atomic mass is 35.5. The Kier molecular flexibility index (Phi) is 4.42. The number of anilines is 2. The fraction of sp³-hybridized carbons (Fsp3) is 0.0714. The molecule has 6 heteroatoms. The summed E-state index contributed by atoms with van der Waals surface area (Å²) in [5, 5.41) is 3.00. The first-order valence-corrected chi connectivity index (χ1v) is 6.15. The molecule has 0 fully saturated rings. The summed E-state index contributed by atoms with van der Waals surface area (Å²) in [5.41, 5.74) is 6.40. The zero-order valence-corrected chi connectivity index (χ0v) is 11.2. The molecular formula is C14H12ClFN2O2. The number of halogens is 2. The lowest BCUT2D eigenvalue weighted by Gasteiger charge is -2.09. The topological polar surface area (TPSA) is 64.3 Å². The number of amides is 1. The van der Waals surface area contributed by atoms with Crippen LogP contribution in [0.5, 0.6) is 5.75 Å². The normalized spacial score (nSPS) is 10.1. The minimum Gasteiger partial charge on any atom is -0.482 e. The van der Waals surface area contributed by atoms with Crippen LogP contribution in [0.4, 0.5) is 15.8 Å². The van der Waals surface area contributed by atoms with Gasteiger partial charge in [0.2, 0.25) is 0 Å². The first-order valence-electron chi connectivity index (χ1n) is 5.78. The smallest absolute Gasteiger partial charge is 0.262 e. The van der Waals surface area contributed by atoms with Crippen molar-refractivity contribution in [3.05, 3.63) is 53.3 Å². The van der Waals surface area contributed by atoms with Crippen molar-refractivity contribution in [1.29, 1.82) is 0 Å². The Morgan fingerprint density at radius 1 is 1.30 bits per heavy atom. The lowest BCUT2D eigenvalue weighted by molar-refractivity contribution is -0.118. The van der Waals surface area contributed by atoms with Crippen molar-refractivity contribution in [1.82, 2.24) is 0 Å². The number of rotatable bonds is 4. The van der Waals surface area contributed by atoms with Crippen LogP contribution in [0.25, 0.3) is 0 Å². The molecule has 0 heterocycles. The molecule has 4 nitrogen and oxygen atoms in total. The van der Waals surface area contributed by atoms with Gasteiger partial charge in [-0.3, -0.25) is 4.79 Å². The third-order valence-electron chi connectivity index (χ3n) is 2.44. The zero-order valence-electron chi connectivity index (χ0n) is 10.4. The molecule has 0 aliphatic carbocycles. The number of nitrogen functional groups attached to an aromatic ring is 1. The van der Waals surface area contributed by atoms with Crippen molar-refractivity contribution < 1.29 is 13.9 Å². The van der Waals surface area contributed by atoms with Crippen LogP contribution in [0, 0.1) is 5.82 Å². The average Bonchev–Trinajstić information content (AvgIpc) is 2.37. The van der Waals surface area contributed by atoms with Gasteiger partial charge in [0.1, 0.15) is 11.6 Å². The maximum Gasteiger partial charge on any atom is 0.262 e. The standard InChI is InChI=1S/C14H12ClFN2O2/c15-9-4-5-13(12(17)6-9)20-8-14(19)18-11-3-1-2-10(16)7-11/h1-7H,8,17H2,(H,18,19). The Bertz CT molecular complexity index is 634. The second kappa shape index (κ2) is 6.25. The third kappa shape index (κ3) is 3.86. The summed E-state index contributed by atoms with van der Waals surface area (Å²) in [6, 6.07) is 10.3. The van der Waals surface area contributed by atoms with Gasteiger partial charge in [-0.2, -0.15) is 0 Å². The van der Waals surface area contributed by atoms with Gasteiger partial charge in [0.05, 0.1) is 5.69 Å². The highest BCUT2D eigenvalue weighted by molar-refractivity contribution is 6.30. The number of carbonyl (C=O) groups is 1. The third-order valence-corrected chi connectivity index (χ3v) is 2.67. The van der Waals surface area contributed by atoms with Crippen LogP contribution in [0.15, 0.2) is 42.5 Å². The molecule has 104 valence electrons. The molecule has 0 saturated carbocycles. The Morgan fingerprint density at radius 2 is 2.10 bits per heavy atom. The largest absolute Gasteiger partial charge is 0.482 e. The van der Waals surface area contributed by atoms with Crippen molar-refractivity contribution in [2.75, 3.05) is 17.7 Å². The fourth-order valence-electron chi connectivity index (χ4n) is 1.56. The maximum absolute atomic E-state index is 12.9. The van der Waals surface area contributed by atoms with Gasteiger partial charge in [-0.25, -0.2) is 4.39 Å². The summed E-state index contributed by atoms with van der Waals surface area (Å²) in [5.74, 6) is -0.473. The van der Waals surface area contributed by atoms with Crippen LogP contribution in [0.3, 0.4) is 0 Å². The van der Waals surface area contributed by atoms with E-state index >= 15 is 0 Å². The minimum absolute atomic E-state index is 0.234. The molecule has 2 aromatic carbocycles. The van der Waals surface area contributed by atoms with Crippen molar-refractivity contribution >= 4 is 28.9 Å². The van der Waals surface area contributed by atoms with Gasteiger partial charge in [0, 0.05) is 10.7 Å². The highest BCUT2D eigenvalue weighted by Gasteiger charge is 2.06. The molecule has 1 amide bonds. The summed E-state index contributed by atoms with van der Waals surface area (Å²) >= 11 is 5.75. The summed E-state index contributed by atoms with van der Waals surface area (Å²) in [6.45, 7) is -0.234. The van der Waals surface area contributed by atoms with E-state index in [1.807, 2.05) is 0 Å². The Labute approximate surface area is 120 Å². The highest BCUT2D eigenvalue weighted by Crippen LogP contribution is 2.24. The van der Waals surface area contributed by atoms with Gasteiger partial charge >= 0.3 is 0 Å². The van der Waals surface area contributed by atoms with Crippen molar-refractivity contribution in [3.8, 4) is 5.75 Å². The molecule has 0 radical (unpaired) electrons. The summed E-state index contributed by atoms with van der Waals surface area (Å²) in [7, 11) is 0. The quantitative estimate of drug-likeness (QED) is 0.852. The lowest BCUT2D eigenvalue weighted by atomic mass is 10.3. The maximum atomic E-state index is 12.9. The minimum atomic E-state index is -0.425. The molecule has 2 aromatic rings. The van der Waals surface area contributed by atoms with E-state index in [1.54, 1.807) is 18.2 Å². The average molecular weight is 295 g/mol. The van der Waals surface area contributed by atoms with Crippen molar-refractivity contribution in [2.45, 2.75) is 0 Å². The van der Waals surface area contributed by atoms with Crippen molar-refractivity contribution in [3.63, 3.8) is 0 Å². The van der Waals surface area contributed by atoms with E-state index in [-0.39, 0.29) is 6.61 Å². The molecule has 2 rings (SSSR count). The van der Waals surface area contributed by atoms with Gasteiger partial charge in [0.15, 0.2) is 6.61 Å². The SMILES string of the molecule is Nc1cc(Cl)ccc1OCC(=O)Nc1cccc(F)c1. The number of hydrogen-bond donors (Lipinski definition) is 2. The molecule has 0 bridgehead atoms. The Morgan fingerprint density at radius 3 is 2.80 bits per heavy atom. The van der Waals surface area contributed by atoms with Crippen LogP contribution in [-0.4, -0.2) is 12.5 Å². The molecule has 0 spiro atoms. The summed E-state index contributed by atoms with van der Waals surface area (Å²) < 4.78 is 18.2. The van der Waals surface area contributed by atoms with E-state index in [2.05, 4.69) is 5.32 Å².